The summed E-state index contributed by atoms with van der Waals surface area (Å²) >= 11 is 0. The van der Waals surface area contributed by atoms with Gasteiger partial charge in [-0.3, -0.25) is 9.78 Å². The van der Waals surface area contributed by atoms with E-state index in [1.165, 1.54) is 11.6 Å². The Morgan fingerprint density at radius 1 is 1.06 bits per heavy atom. The Balaban J connectivity index is 1.25. The van der Waals surface area contributed by atoms with E-state index in [-0.39, 0.29) is 11.7 Å². The summed E-state index contributed by atoms with van der Waals surface area (Å²) < 4.78 is 13.9. The molecule has 4 atom stereocenters. The molecule has 5 rings (SSSR count). The van der Waals surface area contributed by atoms with E-state index >= 15 is 0 Å². The van der Waals surface area contributed by atoms with Crippen molar-refractivity contribution >= 4 is 22.5 Å². The summed E-state index contributed by atoms with van der Waals surface area (Å²) in [6.07, 6.45) is 7.82. The maximum absolute atomic E-state index is 13.9. The highest BCUT2D eigenvalue weighted by molar-refractivity contribution is 5.95. The van der Waals surface area contributed by atoms with Crippen molar-refractivity contribution in [1.82, 2.24) is 9.97 Å². The zero-order valence-electron chi connectivity index (χ0n) is 19.9. The van der Waals surface area contributed by atoms with Crippen molar-refractivity contribution in [3.63, 3.8) is 0 Å². The van der Waals surface area contributed by atoms with Gasteiger partial charge in [-0.05, 0) is 104 Å². The zero-order chi connectivity index (χ0) is 23.9. The molecule has 174 valence electrons. The molecule has 4 nitrogen and oxygen atoms in total. The molecule has 1 aromatic carbocycles. The minimum absolute atomic E-state index is 0.0424. The van der Waals surface area contributed by atoms with Crippen molar-refractivity contribution in [3.05, 3.63) is 65.9 Å². The number of nitrogens with one attached hydrogen (secondary N) is 1. The predicted octanol–water partition coefficient (Wildman–Crippen LogP) is 6.33. The van der Waals surface area contributed by atoms with E-state index in [4.69, 9.17) is 0 Å². The van der Waals surface area contributed by atoms with Crippen molar-refractivity contribution in [2.45, 2.75) is 52.4 Å². The third kappa shape index (κ3) is 4.18. The van der Waals surface area contributed by atoms with E-state index in [1.54, 1.807) is 25.3 Å². The molecule has 0 bridgehead atoms. The fourth-order valence-electron chi connectivity index (χ4n) is 6.10. The quantitative estimate of drug-likeness (QED) is 0.468. The summed E-state index contributed by atoms with van der Waals surface area (Å²) in [7, 11) is 0. The molecule has 3 aromatic rings. The number of hydrogen-bond donors (Lipinski definition) is 1. The molecule has 1 N–H and O–H groups in total. The van der Waals surface area contributed by atoms with Crippen molar-refractivity contribution < 1.29 is 9.18 Å². The number of aromatic nitrogens is 2. The highest BCUT2D eigenvalue weighted by Crippen LogP contribution is 2.56. The van der Waals surface area contributed by atoms with Crippen LogP contribution in [0.3, 0.4) is 0 Å². The maximum atomic E-state index is 13.9. The number of pyridine rings is 2. The Bertz CT molecular complexity index is 1270. The number of nitrogens with zero attached hydrogens (tertiary/aromatic N) is 2. The van der Waals surface area contributed by atoms with Crippen molar-refractivity contribution in [2.24, 2.45) is 23.2 Å². The average molecular weight is 456 g/mol. The predicted molar refractivity (Wildman–Crippen MR) is 133 cm³/mol. The summed E-state index contributed by atoms with van der Waals surface area (Å²) in [5.74, 6) is 7.55. The minimum Gasteiger partial charge on any atom is -0.324 e. The number of fused-ring (bicyclic) bond motifs is 2. The molecule has 2 aliphatic rings. The van der Waals surface area contributed by atoms with Crippen LogP contribution in [0.5, 0.6) is 0 Å². The molecule has 2 heterocycles. The summed E-state index contributed by atoms with van der Waals surface area (Å²) in [5, 5.41) is 4.00. The number of halogens is 1. The Labute approximate surface area is 200 Å². The van der Waals surface area contributed by atoms with E-state index in [0.717, 1.165) is 36.6 Å². The van der Waals surface area contributed by atoms with Gasteiger partial charge in [0.25, 0.3) is 0 Å². The number of hydrogen-bond acceptors (Lipinski definition) is 3. The number of carbonyl (C=O) groups is 1. The molecule has 0 radical (unpaired) electrons. The molecule has 2 aromatic heterocycles. The van der Waals surface area contributed by atoms with E-state index < -0.39 is 5.41 Å². The van der Waals surface area contributed by atoms with Gasteiger partial charge >= 0.3 is 0 Å². The van der Waals surface area contributed by atoms with E-state index in [1.807, 2.05) is 18.3 Å². The molecule has 0 spiro atoms. The third-order valence-electron chi connectivity index (χ3n) is 8.07. The van der Waals surface area contributed by atoms with Crippen LogP contribution in [-0.2, 0) is 4.79 Å². The lowest BCUT2D eigenvalue weighted by Gasteiger charge is -2.31. The largest absolute Gasteiger partial charge is 0.324 e. The molecule has 1 amide bonds. The molecule has 3 unspecified atom stereocenters. The summed E-state index contributed by atoms with van der Waals surface area (Å²) in [6, 6.07) is 10.6. The Hall–Kier alpha value is -3.26. The molecule has 2 aliphatic carbocycles. The van der Waals surface area contributed by atoms with Crippen LogP contribution < -0.4 is 5.32 Å². The molecule has 34 heavy (non-hydrogen) atoms. The van der Waals surface area contributed by atoms with Crippen LogP contribution in [0.15, 0.2) is 48.8 Å². The summed E-state index contributed by atoms with van der Waals surface area (Å²) in [5.41, 5.74) is 3.01. The molecular weight excluding hydrogens is 425 g/mol. The third-order valence-corrected chi connectivity index (χ3v) is 8.07. The second-order valence-electron chi connectivity index (χ2n) is 10.4. The molecule has 0 aliphatic heterocycles. The van der Waals surface area contributed by atoms with Gasteiger partial charge in [-0.15, -0.1) is 0 Å². The second kappa shape index (κ2) is 8.83. The summed E-state index contributed by atoms with van der Waals surface area (Å²) in [6.45, 7) is 5.90. The van der Waals surface area contributed by atoms with E-state index in [0.29, 0.717) is 35.1 Å². The normalized spacial score (nSPS) is 23.9. The van der Waals surface area contributed by atoms with Crippen LogP contribution in [0, 0.1) is 40.8 Å². The highest BCUT2D eigenvalue weighted by Gasteiger charge is 2.48. The maximum Gasteiger partial charge on any atom is 0.230 e. The number of carbonyl (C=O) groups excluding carboxylic acids is 1. The molecule has 5 heteroatoms. The van der Waals surface area contributed by atoms with Crippen LogP contribution in [0.4, 0.5) is 10.1 Å². The van der Waals surface area contributed by atoms with Crippen molar-refractivity contribution in [2.75, 3.05) is 5.32 Å². The summed E-state index contributed by atoms with van der Waals surface area (Å²) in [4.78, 5) is 21.9. The van der Waals surface area contributed by atoms with Crippen molar-refractivity contribution in [1.29, 1.82) is 0 Å². The van der Waals surface area contributed by atoms with Gasteiger partial charge in [-0.1, -0.05) is 19.8 Å². The first-order valence-electron chi connectivity index (χ1n) is 12.1. The van der Waals surface area contributed by atoms with Crippen LogP contribution in [0.25, 0.3) is 10.9 Å². The average Bonchev–Trinajstić information content (AvgIpc) is 3.40. The molecule has 0 saturated heterocycles. The highest BCUT2D eigenvalue weighted by atomic mass is 19.1. The fourth-order valence-corrected chi connectivity index (χ4v) is 6.10. The van der Waals surface area contributed by atoms with Gasteiger partial charge in [0.1, 0.15) is 11.5 Å². The first-order chi connectivity index (χ1) is 16.3. The van der Waals surface area contributed by atoms with Crippen molar-refractivity contribution in [3.8, 4) is 11.8 Å². The van der Waals surface area contributed by atoms with Gasteiger partial charge in [0.15, 0.2) is 0 Å². The SMILES string of the molecule is CC#Cc1ccc(NC(=O)C(C)(C)C2CC3CC(c4ccnc5ccc(F)cc45)C[C@@H]3C2)cn1. The van der Waals surface area contributed by atoms with Gasteiger partial charge in [0, 0.05) is 17.0 Å². The van der Waals surface area contributed by atoms with Gasteiger partial charge in [0.05, 0.1) is 17.4 Å². The van der Waals surface area contributed by atoms with Crippen LogP contribution in [0.2, 0.25) is 0 Å². The first-order valence-corrected chi connectivity index (χ1v) is 12.1. The molecule has 2 saturated carbocycles. The number of anilines is 1. The lowest BCUT2D eigenvalue weighted by Crippen LogP contribution is -2.37. The van der Waals surface area contributed by atoms with Crippen LogP contribution in [0.1, 0.15) is 63.6 Å². The number of amides is 1. The van der Waals surface area contributed by atoms with Gasteiger partial charge in [-0.25, -0.2) is 9.37 Å². The Morgan fingerprint density at radius 2 is 1.82 bits per heavy atom. The minimum atomic E-state index is -0.464. The Kier molecular flexibility index (Phi) is 5.85. The first kappa shape index (κ1) is 22.5. The van der Waals surface area contributed by atoms with Crippen LogP contribution in [-0.4, -0.2) is 15.9 Å². The van der Waals surface area contributed by atoms with Gasteiger partial charge in [0.2, 0.25) is 5.91 Å². The van der Waals surface area contributed by atoms with E-state index in [9.17, 15) is 9.18 Å². The topological polar surface area (TPSA) is 54.9 Å². The standard InChI is InChI=1S/C29H30FN3O/c1-4-5-23-7-8-24(17-32-23)33-28(34)29(2,3)21-14-18-12-20(13-19(18)15-21)25-10-11-31-27-9-6-22(30)16-26(25)27/h6-11,16-21H,12-15H2,1-3H3,(H,33,34)/t18-,19?,20?,21?/m1/s1. The lowest BCUT2D eigenvalue weighted by atomic mass is 9.75. The molecular formula is C29H30FN3O. The smallest absolute Gasteiger partial charge is 0.230 e. The second-order valence-corrected chi connectivity index (χ2v) is 10.4. The fraction of sp³-hybridized carbons (Fsp3) is 0.414. The van der Waals surface area contributed by atoms with Crippen LogP contribution >= 0.6 is 0 Å². The van der Waals surface area contributed by atoms with E-state index in [2.05, 4.69) is 47.0 Å². The lowest BCUT2D eigenvalue weighted by molar-refractivity contribution is -0.126. The monoisotopic (exact) mass is 455 g/mol. The Morgan fingerprint density at radius 3 is 2.50 bits per heavy atom. The molecule has 2 fully saturated rings. The van der Waals surface area contributed by atoms with Gasteiger partial charge in [-0.2, -0.15) is 0 Å². The number of benzene rings is 1. The zero-order valence-corrected chi connectivity index (χ0v) is 19.9. The number of rotatable bonds is 4. The van der Waals surface area contributed by atoms with Gasteiger partial charge < -0.3 is 5.32 Å².